The van der Waals surface area contributed by atoms with Crippen molar-refractivity contribution in [3.05, 3.63) is 0 Å². The number of amides is 1. The Kier molecular flexibility index (Phi) is 8.42. The standard InChI is InChI=1S/C9H17NO3S/c1-2-13-9(12)5-3-4-8(11)10-6-7-14/h14H,2-7H2,1H3,(H,10,11). The molecule has 0 heterocycles. The quantitative estimate of drug-likeness (QED) is 0.491. The molecule has 0 rings (SSSR count). The SMILES string of the molecule is CCOC(=O)CCCC(=O)NCCS. The summed E-state index contributed by atoms with van der Waals surface area (Å²) in [6, 6.07) is 0. The molecule has 0 aromatic carbocycles. The summed E-state index contributed by atoms with van der Waals surface area (Å²) in [4.78, 5) is 21.9. The number of hydrogen-bond acceptors (Lipinski definition) is 4. The molecule has 0 spiro atoms. The van der Waals surface area contributed by atoms with Crippen LogP contribution in [0.2, 0.25) is 0 Å². The molecule has 14 heavy (non-hydrogen) atoms. The maximum Gasteiger partial charge on any atom is 0.305 e. The molecule has 0 aliphatic heterocycles. The first-order chi connectivity index (χ1) is 6.70. The highest BCUT2D eigenvalue weighted by Gasteiger charge is 2.04. The predicted molar refractivity (Wildman–Crippen MR) is 57.3 cm³/mol. The van der Waals surface area contributed by atoms with Gasteiger partial charge in [0.2, 0.25) is 5.91 Å². The summed E-state index contributed by atoms with van der Waals surface area (Å²) in [5.41, 5.74) is 0. The van der Waals surface area contributed by atoms with Crippen molar-refractivity contribution in [2.75, 3.05) is 18.9 Å². The van der Waals surface area contributed by atoms with Gasteiger partial charge in [0.1, 0.15) is 0 Å². The zero-order valence-corrected chi connectivity index (χ0v) is 9.31. The van der Waals surface area contributed by atoms with Gasteiger partial charge in [0.25, 0.3) is 0 Å². The zero-order chi connectivity index (χ0) is 10.8. The number of carbonyl (C=O) groups is 2. The zero-order valence-electron chi connectivity index (χ0n) is 8.41. The third-order valence-corrected chi connectivity index (χ3v) is 1.75. The van der Waals surface area contributed by atoms with Crippen LogP contribution in [0.5, 0.6) is 0 Å². The molecule has 0 saturated heterocycles. The smallest absolute Gasteiger partial charge is 0.305 e. The molecular weight excluding hydrogens is 202 g/mol. The van der Waals surface area contributed by atoms with Gasteiger partial charge in [-0.25, -0.2) is 0 Å². The first kappa shape index (κ1) is 13.3. The summed E-state index contributed by atoms with van der Waals surface area (Å²) in [7, 11) is 0. The molecule has 0 saturated carbocycles. The molecule has 1 N–H and O–H groups in total. The minimum Gasteiger partial charge on any atom is -0.466 e. The highest BCUT2D eigenvalue weighted by molar-refractivity contribution is 7.80. The van der Waals surface area contributed by atoms with Crippen molar-refractivity contribution < 1.29 is 14.3 Å². The fraction of sp³-hybridized carbons (Fsp3) is 0.778. The van der Waals surface area contributed by atoms with E-state index in [0.29, 0.717) is 38.2 Å². The van der Waals surface area contributed by atoms with Crippen molar-refractivity contribution in [2.24, 2.45) is 0 Å². The van der Waals surface area contributed by atoms with E-state index in [9.17, 15) is 9.59 Å². The molecule has 5 heteroatoms. The van der Waals surface area contributed by atoms with Crippen LogP contribution in [-0.4, -0.2) is 30.8 Å². The summed E-state index contributed by atoms with van der Waals surface area (Å²) in [6.45, 7) is 2.73. The van der Waals surface area contributed by atoms with Gasteiger partial charge < -0.3 is 10.1 Å². The van der Waals surface area contributed by atoms with Gasteiger partial charge in [0.05, 0.1) is 6.61 Å². The molecule has 4 nitrogen and oxygen atoms in total. The van der Waals surface area contributed by atoms with Gasteiger partial charge in [0, 0.05) is 25.1 Å². The van der Waals surface area contributed by atoms with Crippen molar-refractivity contribution >= 4 is 24.5 Å². The summed E-state index contributed by atoms with van der Waals surface area (Å²) in [5.74, 6) is 0.349. The minimum absolute atomic E-state index is 0.0386. The van der Waals surface area contributed by atoms with Crippen molar-refractivity contribution in [2.45, 2.75) is 26.2 Å². The van der Waals surface area contributed by atoms with Crippen LogP contribution in [0.25, 0.3) is 0 Å². The number of ether oxygens (including phenoxy) is 1. The number of esters is 1. The lowest BCUT2D eigenvalue weighted by atomic mass is 10.2. The van der Waals surface area contributed by atoms with Crippen LogP contribution >= 0.6 is 12.6 Å². The highest BCUT2D eigenvalue weighted by atomic mass is 32.1. The van der Waals surface area contributed by atoms with Crippen LogP contribution in [-0.2, 0) is 14.3 Å². The fourth-order valence-electron chi connectivity index (χ4n) is 0.910. The molecule has 0 atom stereocenters. The Morgan fingerprint density at radius 1 is 1.36 bits per heavy atom. The second-order valence-electron chi connectivity index (χ2n) is 2.73. The van der Waals surface area contributed by atoms with Crippen molar-refractivity contribution in [3.8, 4) is 0 Å². The average molecular weight is 219 g/mol. The molecule has 0 aliphatic carbocycles. The number of nitrogens with one attached hydrogen (secondary N) is 1. The number of carbonyl (C=O) groups excluding carboxylic acids is 2. The molecule has 0 aromatic rings. The Balaban J connectivity index is 3.34. The van der Waals surface area contributed by atoms with E-state index in [-0.39, 0.29) is 11.9 Å². The summed E-state index contributed by atoms with van der Waals surface area (Å²) in [6.07, 6.45) is 1.21. The average Bonchev–Trinajstić information content (AvgIpc) is 2.15. The van der Waals surface area contributed by atoms with E-state index in [1.807, 2.05) is 0 Å². The molecule has 0 aromatic heterocycles. The van der Waals surface area contributed by atoms with E-state index in [1.54, 1.807) is 6.92 Å². The topological polar surface area (TPSA) is 55.4 Å². The first-order valence-electron chi connectivity index (χ1n) is 4.74. The molecule has 0 aliphatic rings. The maximum absolute atomic E-state index is 11.0. The molecule has 0 radical (unpaired) electrons. The van der Waals surface area contributed by atoms with E-state index in [4.69, 9.17) is 4.74 Å². The highest BCUT2D eigenvalue weighted by Crippen LogP contribution is 1.97. The third kappa shape index (κ3) is 7.91. The summed E-state index contributed by atoms with van der Waals surface area (Å²) >= 11 is 3.96. The predicted octanol–water partition coefficient (Wildman–Crippen LogP) is 0.766. The van der Waals surface area contributed by atoms with E-state index in [2.05, 4.69) is 17.9 Å². The number of hydrogen-bond donors (Lipinski definition) is 2. The van der Waals surface area contributed by atoms with Gasteiger partial charge in [-0.2, -0.15) is 12.6 Å². The molecule has 1 amide bonds. The second-order valence-corrected chi connectivity index (χ2v) is 3.18. The van der Waals surface area contributed by atoms with Gasteiger partial charge in [-0.15, -0.1) is 0 Å². The Hall–Kier alpha value is -0.710. The lowest BCUT2D eigenvalue weighted by Crippen LogP contribution is -2.25. The molecule has 0 unspecified atom stereocenters. The minimum atomic E-state index is -0.241. The molecule has 0 bridgehead atoms. The fourth-order valence-corrected chi connectivity index (χ4v) is 1.02. The van der Waals surface area contributed by atoms with Crippen molar-refractivity contribution in [1.82, 2.24) is 5.32 Å². The van der Waals surface area contributed by atoms with Gasteiger partial charge >= 0.3 is 5.97 Å². The Labute approximate surface area is 89.8 Å². The molecule has 0 fully saturated rings. The van der Waals surface area contributed by atoms with Gasteiger partial charge in [-0.05, 0) is 13.3 Å². The third-order valence-electron chi connectivity index (χ3n) is 1.52. The Morgan fingerprint density at radius 2 is 2.07 bits per heavy atom. The van der Waals surface area contributed by atoms with E-state index in [1.165, 1.54) is 0 Å². The van der Waals surface area contributed by atoms with Gasteiger partial charge in [-0.3, -0.25) is 9.59 Å². The van der Waals surface area contributed by atoms with Crippen LogP contribution in [0.3, 0.4) is 0 Å². The van der Waals surface area contributed by atoms with Crippen molar-refractivity contribution in [3.63, 3.8) is 0 Å². The summed E-state index contributed by atoms with van der Waals surface area (Å²) < 4.78 is 4.72. The monoisotopic (exact) mass is 219 g/mol. The largest absolute Gasteiger partial charge is 0.466 e. The second kappa shape index (κ2) is 8.87. The van der Waals surface area contributed by atoms with Gasteiger partial charge in [0.15, 0.2) is 0 Å². The van der Waals surface area contributed by atoms with E-state index < -0.39 is 0 Å². The lowest BCUT2D eigenvalue weighted by molar-refractivity contribution is -0.143. The number of thiol groups is 1. The van der Waals surface area contributed by atoms with Crippen LogP contribution in [0.4, 0.5) is 0 Å². The van der Waals surface area contributed by atoms with Crippen LogP contribution < -0.4 is 5.32 Å². The van der Waals surface area contributed by atoms with Crippen LogP contribution in [0.1, 0.15) is 26.2 Å². The first-order valence-corrected chi connectivity index (χ1v) is 5.37. The van der Waals surface area contributed by atoms with E-state index in [0.717, 1.165) is 0 Å². The van der Waals surface area contributed by atoms with Crippen molar-refractivity contribution in [1.29, 1.82) is 0 Å². The van der Waals surface area contributed by atoms with Crippen LogP contribution in [0, 0.1) is 0 Å². The van der Waals surface area contributed by atoms with Gasteiger partial charge in [-0.1, -0.05) is 0 Å². The number of rotatable bonds is 7. The van der Waals surface area contributed by atoms with E-state index >= 15 is 0 Å². The Morgan fingerprint density at radius 3 is 2.64 bits per heavy atom. The maximum atomic E-state index is 11.0. The molecule has 82 valence electrons. The normalized spacial score (nSPS) is 9.57. The molecular formula is C9H17NO3S. The lowest BCUT2D eigenvalue weighted by Gasteiger charge is -2.03. The summed E-state index contributed by atoms with van der Waals surface area (Å²) in [5, 5.41) is 2.67. The Bertz CT molecular complexity index is 185. The van der Waals surface area contributed by atoms with Crippen LogP contribution in [0.15, 0.2) is 0 Å².